The van der Waals surface area contributed by atoms with Gasteiger partial charge in [0, 0.05) is 18.8 Å². The van der Waals surface area contributed by atoms with Gasteiger partial charge in [0.2, 0.25) is 5.91 Å². The number of anilines is 1. The summed E-state index contributed by atoms with van der Waals surface area (Å²) in [6, 6.07) is 9.68. The van der Waals surface area contributed by atoms with Gasteiger partial charge in [-0.15, -0.1) is 0 Å². The molecule has 6 nitrogen and oxygen atoms in total. The third-order valence-corrected chi connectivity index (χ3v) is 4.88. The zero-order valence-electron chi connectivity index (χ0n) is 16.5. The fourth-order valence-corrected chi connectivity index (χ4v) is 3.39. The molecule has 2 N–H and O–H groups in total. The summed E-state index contributed by atoms with van der Waals surface area (Å²) in [5, 5.41) is 10.1. The lowest BCUT2D eigenvalue weighted by molar-refractivity contribution is -0.192. The van der Waals surface area contributed by atoms with Crippen molar-refractivity contribution in [3.05, 3.63) is 30.3 Å². The van der Waals surface area contributed by atoms with Crippen LogP contribution in [0.1, 0.15) is 26.7 Å². The van der Waals surface area contributed by atoms with Crippen LogP contribution < -0.4 is 5.32 Å². The molecule has 1 aromatic rings. The number of carboxylic acids is 1. The van der Waals surface area contributed by atoms with E-state index >= 15 is 0 Å². The highest BCUT2D eigenvalue weighted by atomic mass is 19.4. The van der Waals surface area contributed by atoms with Crippen LogP contribution >= 0.6 is 0 Å². The van der Waals surface area contributed by atoms with Crippen molar-refractivity contribution in [1.82, 2.24) is 4.90 Å². The first-order valence-electron chi connectivity index (χ1n) is 9.60. The molecule has 2 fully saturated rings. The maximum Gasteiger partial charge on any atom is 0.490 e. The van der Waals surface area contributed by atoms with E-state index in [-0.39, 0.29) is 24.0 Å². The second kappa shape index (κ2) is 10.1. The predicted octanol–water partition coefficient (Wildman–Crippen LogP) is 3.39. The Bertz CT molecular complexity index is 682. The molecule has 2 saturated heterocycles. The van der Waals surface area contributed by atoms with Crippen LogP contribution in [0.25, 0.3) is 0 Å². The Labute approximate surface area is 168 Å². The SMILES string of the molecule is CC(C)CCN1C[C@H]2C[C@H](C(=O)Nc3ccccc3)[C@@H](C1)O2.O=C(O)C(F)(F)F. The largest absolute Gasteiger partial charge is 0.490 e. The van der Waals surface area contributed by atoms with Crippen LogP contribution in [-0.4, -0.2) is 59.9 Å². The lowest BCUT2D eigenvalue weighted by atomic mass is 9.99. The number of carboxylic acid groups (broad SMARTS) is 1. The van der Waals surface area contributed by atoms with Gasteiger partial charge in [0.25, 0.3) is 0 Å². The molecule has 0 saturated carbocycles. The molecule has 2 bridgehead atoms. The molecule has 1 aromatic carbocycles. The third-order valence-electron chi connectivity index (χ3n) is 4.88. The molecule has 1 amide bonds. The number of morpholine rings is 1. The standard InChI is InChI=1S/C18H26N2O2.C2HF3O2/c1-13(2)8-9-20-11-15-10-16(17(12-20)22-15)18(21)19-14-6-4-3-5-7-14;3-2(4,5)1(6)7/h3-7,13,15-17H,8-12H2,1-2H3,(H,19,21);(H,6,7)/t15-,16+,17-;/m1./s1. The second-order valence-corrected chi connectivity index (χ2v) is 7.74. The Hall–Kier alpha value is -2.13. The number of para-hydroxylation sites is 1. The lowest BCUT2D eigenvalue weighted by Crippen LogP contribution is -2.45. The van der Waals surface area contributed by atoms with E-state index in [0.717, 1.165) is 37.7 Å². The number of aliphatic carboxylic acids is 1. The summed E-state index contributed by atoms with van der Waals surface area (Å²) in [6.07, 6.45) is -2.76. The number of likely N-dealkylation sites (tertiary alicyclic amines) is 1. The van der Waals surface area contributed by atoms with Crippen LogP contribution in [0.3, 0.4) is 0 Å². The molecule has 3 rings (SSSR count). The van der Waals surface area contributed by atoms with Gasteiger partial charge in [0.15, 0.2) is 0 Å². The number of halogens is 3. The van der Waals surface area contributed by atoms with E-state index in [1.807, 2.05) is 30.3 Å². The fourth-order valence-electron chi connectivity index (χ4n) is 3.39. The highest BCUT2D eigenvalue weighted by Crippen LogP contribution is 2.33. The quantitative estimate of drug-likeness (QED) is 0.769. The lowest BCUT2D eigenvalue weighted by Gasteiger charge is -2.33. The Kier molecular flexibility index (Phi) is 8.04. The van der Waals surface area contributed by atoms with Crippen LogP contribution in [0.4, 0.5) is 18.9 Å². The van der Waals surface area contributed by atoms with E-state index < -0.39 is 12.1 Å². The summed E-state index contributed by atoms with van der Waals surface area (Å²) in [4.78, 5) is 23.9. The number of amides is 1. The van der Waals surface area contributed by atoms with Crippen LogP contribution in [0.5, 0.6) is 0 Å². The van der Waals surface area contributed by atoms with Gasteiger partial charge in [-0.1, -0.05) is 32.0 Å². The van der Waals surface area contributed by atoms with E-state index in [4.69, 9.17) is 14.6 Å². The topological polar surface area (TPSA) is 78.9 Å². The molecule has 0 unspecified atom stereocenters. The van der Waals surface area contributed by atoms with Gasteiger partial charge >= 0.3 is 12.1 Å². The number of alkyl halides is 3. The first-order chi connectivity index (χ1) is 13.6. The Morgan fingerprint density at radius 3 is 2.41 bits per heavy atom. The second-order valence-electron chi connectivity index (χ2n) is 7.74. The van der Waals surface area contributed by atoms with Crippen LogP contribution in [-0.2, 0) is 14.3 Å². The summed E-state index contributed by atoms with van der Waals surface area (Å²) in [6.45, 7) is 7.48. The number of rotatable bonds is 5. The molecular weight excluding hydrogens is 389 g/mol. The number of benzene rings is 1. The van der Waals surface area contributed by atoms with E-state index in [1.54, 1.807) is 0 Å². The zero-order valence-corrected chi connectivity index (χ0v) is 16.5. The van der Waals surface area contributed by atoms with E-state index in [9.17, 15) is 18.0 Å². The maximum atomic E-state index is 12.5. The number of nitrogens with one attached hydrogen (secondary N) is 1. The van der Waals surface area contributed by atoms with Gasteiger partial charge in [-0.25, -0.2) is 4.79 Å². The molecule has 0 spiro atoms. The molecular formula is C20H27F3N2O4. The minimum Gasteiger partial charge on any atom is -0.475 e. The summed E-state index contributed by atoms with van der Waals surface area (Å²) < 4.78 is 37.7. The Balaban J connectivity index is 0.000000370. The minimum absolute atomic E-state index is 0.0192. The fraction of sp³-hybridized carbons (Fsp3) is 0.600. The van der Waals surface area contributed by atoms with E-state index in [0.29, 0.717) is 0 Å². The third kappa shape index (κ3) is 7.32. The number of hydrogen-bond acceptors (Lipinski definition) is 4. The average molecular weight is 416 g/mol. The number of carbonyl (C=O) groups excluding carboxylic acids is 1. The molecule has 2 aliphatic rings. The normalized spacial score (nSPS) is 24.0. The molecule has 0 radical (unpaired) electrons. The van der Waals surface area contributed by atoms with Crippen molar-refractivity contribution in [2.24, 2.45) is 11.8 Å². The summed E-state index contributed by atoms with van der Waals surface area (Å²) in [5.74, 6) is -1.95. The first kappa shape index (κ1) is 23.2. The van der Waals surface area contributed by atoms with Gasteiger partial charge in [-0.2, -0.15) is 13.2 Å². The van der Waals surface area contributed by atoms with Crippen molar-refractivity contribution in [3.8, 4) is 0 Å². The number of hydrogen-bond donors (Lipinski definition) is 2. The number of ether oxygens (including phenoxy) is 1. The van der Waals surface area contributed by atoms with Crippen molar-refractivity contribution in [2.75, 3.05) is 25.0 Å². The zero-order chi connectivity index (χ0) is 21.6. The summed E-state index contributed by atoms with van der Waals surface area (Å²) in [7, 11) is 0. The van der Waals surface area contributed by atoms with Gasteiger partial charge in [-0.05, 0) is 37.4 Å². The molecule has 0 aliphatic carbocycles. The van der Waals surface area contributed by atoms with E-state index in [2.05, 4.69) is 24.1 Å². The molecule has 29 heavy (non-hydrogen) atoms. The number of nitrogens with zero attached hydrogens (tertiary/aromatic N) is 1. The smallest absolute Gasteiger partial charge is 0.475 e. The summed E-state index contributed by atoms with van der Waals surface area (Å²) >= 11 is 0. The van der Waals surface area contributed by atoms with Crippen LogP contribution in [0.15, 0.2) is 30.3 Å². The molecule has 0 aromatic heterocycles. The first-order valence-corrected chi connectivity index (χ1v) is 9.60. The average Bonchev–Trinajstić information content (AvgIpc) is 2.94. The number of fused-ring (bicyclic) bond motifs is 2. The maximum absolute atomic E-state index is 12.5. The van der Waals surface area contributed by atoms with Crippen molar-refractivity contribution in [1.29, 1.82) is 0 Å². The molecule has 2 heterocycles. The van der Waals surface area contributed by atoms with Crippen LogP contribution in [0.2, 0.25) is 0 Å². The van der Waals surface area contributed by atoms with Crippen molar-refractivity contribution >= 4 is 17.6 Å². The van der Waals surface area contributed by atoms with Gasteiger partial charge in [0.05, 0.1) is 18.1 Å². The summed E-state index contributed by atoms with van der Waals surface area (Å²) in [5.41, 5.74) is 0.866. The highest BCUT2D eigenvalue weighted by molar-refractivity contribution is 5.93. The monoisotopic (exact) mass is 416 g/mol. The van der Waals surface area contributed by atoms with Crippen molar-refractivity contribution in [3.63, 3.8) is 0 Å². The van der Waals surface area contributed by atoms with Gasteiger partial charge < -0.3 is 15.2 Å². The highest BCUT2D eigenvalue weighted by Gasteiger charge is 2.44. The van der Waals surface area contributed by atoms with E-state index in [1.165, 1.54) is 6.42 Å². The Morgan fingerprint density at radius 2 is 1.86 bits per heavy atom. The molecule has 9 heteroatoms. The Morgan fingerprint density at radius 1 is 1.24 bits per heavy atom. The molecule has 162 valence electrons. The van der Waals surface area contributed by atoms with Crippen molar-refractivity contribution < 1.29 is 32.6 Å². The van der Waals surface area contributed by atoms with Crippen molar-refractivity contribution in [2.45, 2.75) is 45.1 Å². The van der Waals surface area contributed by atoms with Gasteiger partial charge in [-0.3, -0.25) is 9.69 Å². The predicted molar refractivity (Wildman–Crippen MR) is 101 cm³/mol. The number of carbonyl (C=O) groups is 2. The van der Waals surface area contributed by atoms with Gasteiger partial charge in [0.1, 0.15) is 0 Å². The molecule has 2 aliphatic heterocycles. The molecule has 3 atom stereocenters. The van der Waals surface area contributed by atoms with Crippen LogP contribution in [0, 0.1) is 11.8 Å². The minimum atomic E-state index is -5.08.